The van der Waals surface area contributed by atoms with Gasteiger partial charge in [-0.3, -0.25) is 9.78 Å². The van der Waals surface area contributed by atoms with Gasteiger partial charge in [0.25, 0.3) is 5.91 Å². The Labute approximate surface area is 174 Å². The number of hydrogen-bond donors (Lipinski definition) is 1. The molecule has 0 radical (unpaired) electrons. The molecule has 1 amide bonds. The molecule has 0 saturated heterocycles. The Hall–Kier alpha value is -3.65. The minimum Gasteiger partial charge on any atom is -0.493 e. The van der Waals surface area contributed by atoms with Crippen molar-refractivity contribution in [3.8, 4) is 17.2 Å². The first-order valence-electron chi connectivity index (χ1n) is 9.12. The van der Waals surface area contributed by atoms with E-state index in [-0.39, 0.29) is 0 Å². The predicted molar refractivity (Wildman–Crippen MR) is 113 cm³/mol. The van der Waals surface area contributed by atoms with Gasteiger partial charge in [-0.2, -0.15) is 5.10 Å². The minimum atomic E-state index is -0.838. The van der Waals surface area contributed by atoms with Gasteiger partial charge in [0.15, 0.2) is 17.6 Å². The molecule has 0 bridgehead atoms. The largest absolute Gasteiger partial charge is 0.493 e. The predicted octanol–water partition coefficient (Wildman–Crippen LogP) is 3.10. The molecule has 8 nitrogen and oxygen atoms in total. The number of carbonyl (C=O) groups is 1. The first kappa shape index (κ1) is 21.1. The molecule has 3 rings (SSSR count). The van der Waals surface area contributed by atoms with Crippen molar-refractivity contribution in [1.82, 2.24) is 10.4 Å². The van der Waals surface area contributed by atoms with Gasteiger partial charge < -0.3 is 18.9 Å². The summed E-state index contributed by atoms with van der Waals surface area (Å²) >= 11 is 0. The zero-order chi connectivity index (χ0) is 21.5. The Morgan fingerprint density at radius 3 is 2.40 bits per heavy atom. The number of nitrogens with zero attached hydrogens (tertiary/aromatic N) is 2. The maximum atomic E-state index is 12.7. The highest BCUT2D eigenvalue weighted by Gasteiger charge is 2.22. The van der Waals surface area contributed by atoms with Crippen LogP contribution in [0.2, 0.25) is 0 Å². The Morgan fingerprint density at radius 1 is 1.03 bits per heavy atom. The van der Waals surface area contributed by atoms with Crippen molar-refractivity contribution in [2.24, 2.45) is 5.10 Å². The Kier molecular flexibility index (Phi) is 6.82. The molecule has 1 aromatic heterocycles. The molecule has 8 heteroatoms. The zero-order valence-electron chi connectivity index (χ0n) is 17.2. The number of methoxy groups -OCH3 is 4. The molecule has 0 fully saturated rings. The number of rotatable bonds is 8. The molecule has 156 valence electrons. The number of carbonyl (C=O) groups excluding carboxylic acids is 1. The monoisotopic (exact) mass is 409 g/mol. The standard InChI is InChI=1S/C22H23N3O5/c1-27-18-11-14(12-19(28-2)21(18)30-4)13-24-25-22(26)20(29-3)16-7-5-9-17-15(16)8-6-10-23-17/h5-13,20H,1-4H3,(H,25,26)/b24-13+. The van der Waals surface area contributed by atoms with Crippen LogP contribution >= 0.6 is 0 Å². The van der Waals surface area contributed by atoms with Crippen LogP contribution in [0, 0.1) is 0 Å². The highest BCUT2D eigenvalue weighted by atomic mass is 16.5. The molecule has 1 unspecified atom stereocenters. The van der Waals surface area contributed by atoms with Gasteiger partial charge in [0.2, 0.25) is 5.75 Å². The summed E-state index contributed by atoms with van der Waals surface area (Å²) in [5.74, 6) is 1.05. The summed E-state index contributed by atoms with van der Waals surface area (Å²) in [6.07, 6.45) is 2.35. The molecule has 0 aliphatic carbocycles. The normalized spacial score (nSPS) is 12.0. The molecular weight excluding hydrogens is 386 g/mol. The SMILES string of the molecule is COc1cc(/C=N/NC(=O)C(OC)c2cccc3ncccc23)cc(OC)c1OC. The van der Waals surface area contributed by atoms with Crippen LogP contribution < -0.4 is 19.6 Å². The third-order valence-corrected chi connectivity index (χ3v) is 4.51. The van der Waals surface area contributed by atoms with Gasteiger partial charge in [-0.05, 0) is 29.8 Å². The van der Waals surface area contributed by atoms with Gasteiger partial charge in [0.1, 0.15) is 0 Å². The van der Waals surface area contributed by atoms with E-state index >= 15 is 0 Å². The molecule has 30 heavy (non-hydrogen) atoms. The lowest BCUT2D eigenvalue weighted by Gasteiger charge is -2.16. The number of aromatic nitrogens is 1. The molecule has 2 aromatic carbocycles. The number of ether oxygens (including phenoxy) is 4. The van der Waals surface area contributed by atoms with Crippen molar-refractivity contribution in [2.45, 2.75) is 6.10 Å². The number of fused-ring (bicyclic) bond motifs is 1. The molecule has 0 aliphatic rings. The first-order chi connectivity index (χ1) is 14.6. The van der Waals surface area contributed by atoms with E-state index < -0.39 is 12.0 Å². The molecule has 0 saturated carbocycles. The molecule has 1 heterocycles. The van der Waals surface area contributed by atoms with Crippen molar-refractivity contribution in [2.75, 3.05) is 28.4 Å². The summed E-state index contributed by atoms with van der Waals surface area (Å²) in [6, 6.07) is 12.7. The fourth-order valence-corrected chi connectivity index (χ4v) is 3.14. The van der Waals surface area contributed by atoms with Gasteiger partial charge in [-0.1, -0.05) is 18.2 Å². The van der Waals surface area contributed by atoms with Crippen molar-refractivity contribution in [1.29, 1.82) is 0 Å². The molecule has 3 aromatic rings. The number of hydrazone groups is 1. The van der Waals surface area contributed by atoms with Crippen LogP contribution in [0.4, 0.5) is 0 Å². The minimum absolute atomic E-state index is 0.405. The lowest BCUT2D eigenvalue weighted by Crippen LogP contribution is -2.26. The van der Waals surface area contributed by atoms with Crippen LogP contribution in [0.25, 0.3) is 10.9 Å². The summed E-state index contributed by atoms with van der Waals surface area (Å²) in [7, 11) is 6.06. The number of amides is 1. The third kappa shape index (κ3) is 4.33. The summed E-state index contributed by atoms with van der Waals surface area (Å²) in [5.41, 5.74) is 4.68. The summed E-state index contributed by atoms with van der Waals surface area (Å²) in [6.45, 7) is 0. The van der Waals surface area contributed by atoms with Crippen LogP contribution in [0.1, 0.15) is 17.2 Å². The van der Waals surface area contributed by atoms with E-state index in [2.05, 4.69) is 15.5 Å². The number of pyridine rings is 1. The molecule has 0 spiro atoms. The van der Waals surface area contributed by atoms with E-state index in [4.69, 9.17) is 18.9 Å². The summed E-state index contributed by atoms with van der Waals surface area (Å²) < 4.78 is 21.4. The Balaban J connectivity index is 1.81. The Bertz CT molecular complexity index is 1040. The fraction of sp³-hybridized carbons (Fsp3) is 0.227. The highest BCUT2D eigenvalue weighted by molar-refractivity contribution is 5.91. The van der Waals surface area contributed by atoms with E-state index in [9.17, 15) is 4.79 Å². The van der Waals surface area contributed by atoms with Crippen molar-refractivity contribution >= 4 is 23.0 Å². The maximum Gasteiger partial charge on any atom is 0.273 e. The van der Waals surface area contributed by atoms with E-state index in [1.54, 1.807) is 18.3 Å². The number of nitrogens with one attached hydrogen (secondary N) is 1. The molecule has 1 N–H and O–H groups in total. The summed E-state index contributed by atoms with van der Waals surface area (Å²) in [5, 5.41) is 4.89. The van der Waals surface area contributed by atoms with E-state index in [0.29, 0.717) is 28.4 Å². The topological polar surface area (TPSA) is 91.3 Å². The van der Waals surface area contributed by atoms with Crippen LogP contribution in [0.3, 0.4) is 0 Å². The first-order valence-corrected chi connectivity index (χ1v) is 9.12. The lowest BCUT2D eigenvalue weighted by atomic mass is 10.0. The van der Waals surface area contributed by atoms with Gasteiger partial charge in [0, 0.05) is 24.3 Å². The van der Waals surface area contributed by atoms with Gasteiger partial charge >= 0.3 is 0 Å². The average molecular weight is 409 g/mol. The zero-order valence-corrected chi connectivity index (χ0v) is 17.2. The second-order valence-corrected chi connectivity index (χ2v) is 6.23. The Morgan fingerprint density at radius 2 is 1.77 bits per heavy atom. The number of benzene rings is 2. The number of hydrogen-bond acceptors (Lipinski definition) is 7. The van der Waals surface area contributed by atoms with Gasteiger partial charge in [0.05, 0.1) is 33.1 Å². The fourth-order valence-electron chi connectivity index (χ4n) is 3.14. The van der Waals surface area contributed by atoms with E-state index in [0.717, 1.165) is 10.9 Å². The smallest absolute Gasteiger partial charge is 0.273 e. The van der Waals surface area contributed by atoms with E-state index in [1.165, 1.54) is 34.7 Å². The second-order valence-electron chi connectivity index (χ2n) is 6.23. The highest BCUT2D eigenvalue weighted by Crippen LogP contribution is 2.37. The van der Waals surface area contributed by atoms with Crippen molar-refractivity contribution in [3.63, 3.8) is 0 Å². The summed E-state index contributed by atoms with van der Waals surface area (Å²) in [4.78, 5) is 17.0. The van der Waals surface area contributed by atoms with Crippen LogP contribution in [0.15, 0.2) is 53.8 Å². The van der Waals surface area contributed by atoms with Crippen LogP contribution in [0.5, 0.6) is 17.2 Å². The van der Waals surface area contributed by atoms with Crippen molar-refractivity contribution in [3.05, 3.63) is 59.8 Å². The van der Waals surface area contributed by atoms with Crippen molar-refractivity contribution < 1.29 is 23.7 Å². The lowest BCUT2D eigenvalue weighted by molar-refractivity contribution is -0.131. The maximum absolute atomic E-state index is 12.7. The molecule has 0 aliphatic heterocycles. The molecule has 1 atom stereocenters. The molecular formula is C22H23N3O5. The average Bonchev–Trinajstić information content (AvgIpc) is 2.79. The van der Waals surface area contributed by atoms with E-state index in [1.807, 2.05) is 30.3 Å². The van der Waals surface area contributed by atoms with Crippen LogP contribution in [-0.4, -0.2) is 45.5 Å². The van der Waals surface area contributed by atoms with Crippen LogP contribution in [-0.2, 0) is 9.53 Å². The third-order valence-electron chi connectivity index (χ3n) is 4.51. The van der Waals surface area contributed by atoms with Gasteiger partial charge in [-0.15, -0.1) is 0 Å². The van der Waals surface area contributed by atoms with Gasteiger partial charge in [-0.25, -0.2) is 5.43 Å². The quantitative estimate of drug-likeness (QED) is 0.454. The second kappa shape index (κ2) is 9.71.